The summed E-state index contributed by atoms with van der Waals surface area (Å²) in [5.41, 5.74) is -0.666. The molecule has 1 saturated heterocycles. The fraction of sp³-hybridized carbons (Fsp3) is 0.800. The molecular weight excluding hydrogens is 196 g/mol. The van der Waals surface area contributed by atoms with Gasteiger partial charge in [-0.3, -0.25) is 9.59 Å². The fourth-order valence-corrected chi connectivity index (χ4v) is 1.70. The Morgan fingerprint density at radius 3 is 2.73 bits per heavy atom. The quantitative estimate of drug-likeness (QED) is 0.674. The van der Waals surface area contributed by atoms with Crippen LogP contribution in [0.3, 0.4) is 0 Å². The number of rotatable bonds is 2. The van der Waals surface area contributed by atoms with E-state index in [4.69, 9.17) is 5.11 Å². The van der Waals surface area contributed by atoms with Crippen LogP contribution in [0.1, 0.15) is 20.8 Å². The van der Waals surface area contributed by atoms with Gasteiger partial charge in [-0.1, -0.05) is 0 Å². The van der Waals surface area contributed by atoms with Crippen LogP contribution in [0.2, 0.25) is 0 Å². The van der Waals surface area contributed by atoms with Crippen molar-refractivity contribution in [2.75, 3.05) is 19.6 Å². The molecule has 86 valence electrons. The Bertz CT molecular complexity index is 276. The minimum Gasteiger partial charge on any atom is -0.481 e. The summed E-state index contributed by atoms with van der Waals surface area (Å²) in [5.74, 6) is -1.41. The van der Waals surface area contributed by atoms with Crippen molar-refractivity contribution in [2.45, 2.75) is 26.3 Å². The molecule has 0 aliphatic carbocycles. The Hall–Kier alpha value is -1.10. The number of hydrogen-bond donors (Lipinski definition) is 2. The lowest BCUT2D eigenvalue weighted by atomic mass is 10.0. The van der Waals surface area contributed by atoms with Crippen LogP contribution in [-0.2, 0) is 9.59 Å². The third-order valence-electron chi connectivity index (χ3n) is 2.78. The Morgan fingerprint density at radius 1 is 1.67 bits per heavy atom. The molecule has 1 unspecified atom stereocenters. The van der Waals surface area contributed by atoms with Crippen molar-refractivity contribution < 1.29 is 14.7 Å². The third kappa shape index (κ3) is 2.47. The minimum absolute atomic E-state index is 0.0336. The minimum atomic E-state index is -0.855. The number of nitrogens with one attached hydrogen (secondary N) is 1. The van der Waals surface area contributed by atoms with E-state index in [1.807, 2.05) is 6.92 Å². The van der Waals surface area contributed by atoms with Gasteiger partial charge in [0.25, 0.3) is 0 Å². The molecule has 1 rings (SSSR count). The number of likely N-dealkylation sites (N-methyl/N-ethyl adjacent to an activating group) is 1. The average molecular weight is 214 g/mol. The molecule has 0 bridgehead atoms. The second-order valence-electron chi connectivity index (χ2n) is 4.38. The molecule has 5 heteroatoms. The molecule has 0 aromatic heterocycles. The SMILES string of the molecule is CCN1CC(C(=O)O)CNC(C)(C)C1=O. The van der Waals surface area contributed by atoms with Gasteiger partial charge >= 0.3 is 5.97 Å². The summed E-state index contributed by atoms with van der Waals surface area (Å²) in [6.45, 7) is 6.60. The zero-order chi connectivity index (χ0) is 11.6. The fourth-order valence-electron chi connectivity index (χ4n) is 1.70. The van der Waals surface area contributed by atoms with E-state index >= 15 is 0 Å². The van der Waals surface area contributed by atoms with E-state index in [-0.39, 0.29) is 5.91 Å². The number of carboxylic acid groups (broad SMARTS) is 1. The number of carbonyl (C=O) groups is 2. The van der Waals surface area contributed by atoms with Gasteiger partial charge in [0.05, 0.1) is 11.5 Å². The first-order valence-corrected chi connectivity index (χ1v) is 5.15. The molecule has 1 aliphatic rings. The summed E-state index contributed by atoms with van der Waals surface area (Å²) < 4.78 is 0. The first-order valence-electron chi connectivity index (χ1n) is 5.15. The van der Waals surface area contributed by atoms with Crippen molar-refractivity contribution in [2.24, 2.45) is 5.92 Å². The highest BCUT2D eigenvalue weighted by atomic mass is 16.4. The number of nitrogens with zero attached hydrogens (tertiary/aromatic N) is 1. The maximum absolute atomic E-state index is 11.9. The van der Waals surface area contributed by atoms with Gasteiger partial charge in [-0.05, 0) is 20.8 Å². The number of carboxylic acids is 1. The lowest BCUT2D eigenvalue weighted by Crippen LogP contribution is -2.51. The van der Waals surface area contributed by atoms with Crippen molar-refractivity contribution in [1.82, 2.24) is 10.2 Å². The highest BCUT2D eigenvalue weighted by molar-refractivity contribution is 5.86. The molecule has 0 saturated carbocycles. The van der Waals surface area contributed by atoms with Crippen molar-refractivity contribution >= 4 is 11.9 Å². The van der Waals surface area contributed by atoms with Crippen molar-refractivity contribution in [3.05, 3.63) is 0 Å². The van der Waals surface area contributed by atoms with Gasteiger partial charge in [0, 0.05) is 19.6 Å². The van der Waals surface area contributed by atoms with E-state index in [0.717, 1.165) is 0 Å². The number of carbonyl (C=O) groups excluding carboxylic acids is 1. The lowest BCUT2D eigenvalue weighted by Gasteiger charge is -2.28. The standard InChI is InChI=1S/C10H18N2O3/c1-4-12-6-7(8(13)14)5-11-10(2,3)9(12)15/h7,11H,4-6H2,1-3H3,(H,13,14). The zero-order valence-electron chi connectivity index (χ0n) is 9.41. The summed E-state index contributed by atoms with van der Waals surface area (Å²) in [4.78, 5) is 24.4. The van der Waals surface area contributed by atoms with Crippen molar-refractivity contribution in [1.29, 1.82) is 0 Å². The molecule has 0 aromatic carbocycles. The Labute approximate surface area is 89.4 Å². The molecule has 1 aliphatic heterocycles. The average Bonchev–Trinajstić information content (AvgIpc) is 2.26. The Kier molecular flexibility index (Phi) is 3.34. The van der Waals surface area contributed by atoms with Gasteiger partial charge in [0.2, 0.25) is 5.91 Å². The monoisotopic (exact) mass is 214 g/mol. The molecule has 2 N–H and O–H groups in total. The molecule has 0 spiro atoms. The maximum Gasteiger partial charge on any atom is 0.309 e. The van der Waals surface area contributed by atoms with Crippen LogP contribution in [0.5, 0.6) is 0 Å². The van der Waals surface area contributed by atoms with E-state index < -0.39 is 17.4 Å². The van der Waals surface area contributed by atoms with Gasteiger partial charge in [-0.25, -0.2) is 0 Å². The van der Waals surface area contributed by atoms with E-state index in [0.29, 0.717) is 19.6 Å². The zero-order valence-corrected chi connectivity index (χ0v) is 9.41. The third-order valence-corrected chi connectivity index (χ3v) is 2.78. The topological polar surface area (TPSA) is 69.6 Å². The van der Waals surface area contributed by atoms with Crippen LogP contribution in [0, 0.1) is 5.92 Å². The summed E-state index contributed by atoms with van der Waals surface area (Å²) in [6, 6.07) is 0. The van der Waals surface area contributed by atoms with Crippen LogP contribution < -0.4 is 5.32 Å². The van der Waals surface area contributed by atoms with Crippen LogP contribution in [0.4, 0.5) is 0 Å². The predicted octanol–water partition coefficient (Wildman–Crippen LogP) is -0.0825. The molecular formula is C10H18N2O3. The molecule has 1 amide bonds. The Morgan fingerprint density at radius 2 is 2.27 bits per heavy atom. The summed E-state index contributed by atoms with van der Waals surface area (Å²) in [5, 5.41) is 11.9. The van der Waals surface area contributed by atoms with E-state index in [1.165, 1.54) is 0 Å². The molecule has 5 nitrogen and oxygen atoms in total. The van der Waals surface area contributed by atoms with Gasteiger partial charge in [-0.2, -0.15) is 0 Å². The summed E-state index contributed by atoms with van der Waals surface area (Å²) in [6.07, 6.45) is 0. The molecule has 1 atom stereocenters. The van der Waals surface area contributed by atoms with E-state index in [2.05, 4.69) is 5.32 Å². The second kappa shape index (κ2) is 4.18. The predicted molar refractivity (Wildman–Crippen MR) is 55.5 cm³/mol. The van der Waals surface area contributed by atoms with Crippen LogP contribution in [-0.4, -0.2) is 47.1 Å². The van der Waals surface area contributed by atoms with Crippen LogP contribution in [0.25, 0.3) is 0 Å². The van der Waals surface area contributed by atoms with Gasteiger partial charge < -0.3 is 15.3 Å². The molecule has 1 heterocycles. The van der Waals surface area contributed by atoms with Crippen molar-refractivity contribution in [3.8, 4) is 0 Å². The van der Waals surface area contributed by atoms with Crippen molar-refractivity contribution in [3.63, 3.8) is 0 Å². The van der Waals surface area contributed by atoms with Gasteiger partial charge in [-0.15, -0.1) is 0 Å². The first-order chi connectivity index (χ1) is 6.88. The largest absolute Gasteiger partial charge is 0.481 e. The molecule has 0 aromatic rings. The van der Waals surface area contributed by atoms with Crippen LogP contribution in [0.15, 0.2) is 0 Å². The number of amides is 1. The normalized spacial score (nSPS) is 26.2. The summed E-state index contributed by atoms with van der Waals surface area (Å²) >= 11 is 0. The van der Waals surface area contributed by atoms with Crippen LogP contribution >= 0.6 is 0 Å². The lowest BCUT2D eigenvalue weighted by molar-refractivity contribution is -0.142. The van der Waals surface area contributed by atoms with E-state index in [9.17, 15) is 9.59 Å². The highest BCUT2D eigenvalue weighted by Gasteiger charge is 2.37. The first kappa shape index (κ1) is 12.0. The second-order valence-corrected chi connectivity index (χ2v) is 4.38. The molecule has 1 fully saturated rings. The maximum atomic E-state index is 11.9. The number of hydrogen-bond acceptors (Lipinski definition) is 3. The van der Waals surface area contributed by atoms with E-state index in [1.54, 1.807) is 18.7 Å². The smallest absolute Gasteiger partial charge is 0.309 e. The molecule has 15 heavy (non-hydrogen) atoms. The number of aliphatic carboxylic acids is 1. The molecule has 0 radical (unpaired) electrons. The van der Waals surface area contributed by atoms with Gasteiger partial charge in [0.1, 0.15) is 0 Å². The highest BCUT2D eigenvalue weighted by Crippen LogP contribution is 2.15. The Balaban J connectivity index is 2.87. The van der Waals surface area contributed by atoms with Gasteiger partial charge in [0.15, 0.2) is 0 Å². The summed E-state index contributed by atoms with van der Waals surface area (Å²) in [7, 11) is 0.